The van der Waals surface area contributed by atoms with Crippen LogP contribution in [-0.2, 0) is 12.2 Å². The predicted molar refractivity (Wildman–Crippen MR) is 78.9 cm³/mol. The summed E-state index contributed by atoms with van der Waals surface area (Å²) >= 11 is 0. The number of fused-ring (bicyclic) bond motifs is 2. The van der Waals surface area contributed by atoms with Crippen molar-refractivity contribution in [1.29, 1.82) is 0 Å². The first-order chi connectivity index (χ1) is 9.65. The summed E-state index contributed by atoms with van der Waals surface area (Å²) in [7, 11) is 1.85. The highest BCUT2D eigenvalue weighted by Crippen LogP contribution is 2.40. The minimum Gasteiger partial charge on any atom is -0.488 e. The second kappa shape index (κ2) is 4.93. The molecule has 2 aromatic rings. The first-order valence-corrected chi connectivity index (χ1v) is 6.84. The van der Waals surface area contributed by atoms with Crippen LogP contribution >= 0.6 is 0 Å². The summed E-state index contributed by atoms with van der Waals surface area (Å²) in [6.45, 7) is 2.97. The van der Waals surface area contributed by atoms with Crippen LogP contribution < -0.4 is 10.1 Å². The quantitative estimate of drug-likeness (QED) is 0.879. The van der Waals surface area contributed by atoms with Gasteiger partial charge >= 0.3 is 0 Å². The van der Waals surface area contributed by atoms with E-state index in [0.29, 0.717) is 13.2 Å². The van der Waals surface area contributed by atoms with Gasteiger partial charge in [-0.2, -0.15) is 0 Å². The summed E-state index contributed by atoms with van der Waals surface area (Å²) < 4.78 is 5.87. The summed E-state index contributed by atoms with van der Waals surface area (Å²) in [6.07, 6.45) is 0. The van der Waals surface area contributed by atoms with Crippen LogP contribution in [0, 0.1) is 6.92 Å². The third kappa shape index (κ3) is 1.99. The molecule has 2 aromatic carbocycles. The molecule has 1 atom stereocenters. The summed E-state index contributed by atoms with van der Waals surface area (Å²) in [4.78, 5) is 0. The monoisotopic (exact) mass is 269 g/mol. The fourth-order valence-electron chi connectivity index (χ4n) is 2.88. The van der Waals surface area contributed by atoms with E-state index in [-0.39, 0.29) is 0 Å². The molecule has 0 aromatic heterocycles. The number of hydrogen-bond acceptors (Lipinski definition) is 3. The molecule has 3 rings (SSSR count). The normalized spacial score (nSPS) is 20.6. The van der Waals surface area contributed by atoms with Crippen molar-refractivity contribution in [2.45, 2.75) is 19.1 Å². The average Bonchev–Trinajstić information content (AvgIpc) is 2.57. The molecule has 0 bridgehead atoms. The van der Waals surface area contributed by atoms with Gasteiger partial charge in [-0.05, 0) is 31.2 Å². The van der Waals surface area contributed by atoms with Crippen LogP contribution in [0.5, 0.6) is 5.75 Å². The Bertz CT molecular complexity index is 639. The molecular formula is C17H19NO2. The third-order valence-electron chi connectivity index (χ3n) is 3.86. The number of benzene rings is 2. The van der Waals surface area contributed by atoms with Crippen molar-refractivity contribution in [3.05, 3.63) is 64.7 Å². The summed E-state index contributed by atoms with van der Waals surface area (Å²) in [5.74, 6) is 0.749. The van der Waals surface area contributed by atoms with E-state index < -0.39 is 5.60 Å². The van der Waals surface area contributed by atoms with Crippen LogP contribution in [-0.4, -0.2) is 18.7 Å². The van der Waals surface area contributed by atoms with Gasteiger partial charge in [-0.25, -0.2) is 0 Å². The molecule has 0 amide bonds. The maximum atomic E-state index is 11.3. The number of nitrogens with one attached hydrogen (secondary N) is 1. The Kier molecular flexibility index (Phi) is 3.24. The van der Waals surface area contributed by atoms with Gasteiger partial charge in [0, 0.05) is 12.1 Å². The Labute approximate surface area is 119 Å². The Morgan fingerprint density at radius 3 is 2.80 bits per heavy atom. The number of aryl methyl sites for hydroxylation is 1. The van der Waals surface area contributed by atoms with Crippen molar-refractivity contribution >= 4 is 0 Å². The Morgan fingerprint density at radius 2 is 2.00 bits per heavy atom. The zero-order chi connectivity index (χ0) is 14.2. The average molecular weight is 269 g/mol. The molecule has 0 saturated heterocycles. The number of hydrogen-bond donors (Lipinski definition) is 2. The van der Waals surface area contributed by atoms with Gasteiger partial charge in [0.25, 0.3) is 0 Å². The van der Waals surface area contributed by atoms with Crippen molar-refractivity contribution in [3.63, 3.8) is 0 Å². The molecule has 0 saturated carbocycles. The number of rotatable bonds is 2. The van der Waals surface area contributed by atoms with Gasteiger partial charge in [-0.3, -0.25) is 0 Å². The first-order valence-electron chi connectivity index (χ1n) is 6.84. The summed E-state index contributed by atoms with van der Waals surface area (Å²) in [5, 5.41) is 14.4. The van der Waals surface area contributed by atoms with Crippen molar-refractivity contribution < 1.29 is 9.84 Å². The van der Waals surface area contributed by atoms with Crippen molar-refractivity contribution in [2.75, 3.05) is 13.6 Å². The predicted octanol–water partition coefficient (Wildman–Crippen LogP) is 2.34. The van der Waals surface area contributed by atoms with Crippen molar-refractivity contribution in [1.82, 2.24) is 5.32 Å². The van der Waals surface area contributed by atoms with Crippen molar-refractivity contribution in [3.8, 4) is 5.75 Å². The van der Waals surface area contributed by atoms with Gasteiger partial charge in [-0.15, -0.1) is 0 Å². The molecule has 1 aliphatic heterocycles. The molecule has 20 heavy (non-hydrogen) atoms. The van der Waals surface area contributed by atoms with Crippen LogP contribution in [0.2, 0.25) is 0 Å². The zero-order valence-electron chi connectivity index (χ0n) is 11.8. The molecule has 0 radical (unpaired) electrons. The summed E-state index contributed by atoms with van der Waals surface area (Å²) in [5.41, 5.74) is 2.85. The van der Waals surface area contributed by atoms with Gasteiger partial charge in [0.15, 0.2) is 0 Å². The lowest BCUT2D eigenvalue weighted by Gasteiger charge is -2.30. The van der Waals surface area contributed by atoms with Gasteiger partial charge in [0.2, 0.25) is 0 Å². The Morgan fingerprint density at radius 1 is 1.20 bits per heavy atom. The number of likely N-dealkylation sites (N-methyl/N-ethyl adjacent to an activating group) is 1. The molecule has 1 aliphatic rings. The van der Waals surface area contributed by atoms with Gasteiger partial charge in [-0.1, -0.05) is 42.0 Å². The topological polar surface area (TPSA) is 41.5 Å². The second-order valence-corrected chi connectivity index (χ2v) is 5.34. The molecule has 0 spiro atoms. The third-order valence-corrected chi connectivity index (χ3v) is 3.86. The molecule has 0 fully saturated rings. The molecule has 2 N–H and O–H groups in total. The van der Waals surface area contributed by atoms with E-state index in [1.165, 1.54) is 0 Å². The van der Waals surface area contributed by atoms with Crippen LogP contribution in [0.1, 0.15) is 22.3 Å². The van der Waals surface area contributed by atoms with E-state index >= 15 is 0 Å². The molecule has 1 unspecified atom stereocenters. The number of ether oxygens (including phenoxy) is 1. The molecule has 104 valence electrons. The SMILES string of the molecule is CNCC1(O)c2cc(C)ccc2COc2ccccc21. The number of aliphatic hydroxyl groups is 1. The molecule has 3 nitrogen and oxygen atoms in total. The zero-order valence-corrected chi connectivity index (χ0v) is 11.8. The fourth-order valence-corrected chi connectivity index (χ4v) is 2.88. The second-order valence-electron chi connectivity index (χ2n) is 5.34. The highest BCUT2D eigenvalue weighted by atomic mass is 16.5. The Hall–Kier alpha value is -1.84. The van der Waals surface area contributed by atoms with E-state index in [9.17, 15) is 5.11 Å². The molecule has 3 heteroatoms. The minimum absolute atomic E-state index is 0.448. The van der Waals surface area contributed by atoms with Gasteiger partial charge < -0.3 is 15.2 Å². The lowest BCUT2D eigenvalue weighted by molar-refractivity contribution is 0.0815. The van der Waals surface area contributed by atoms with Crippen molar-refractivity contribution in [2.24, 2.45) is 0 Å². The Balaban J connectivity index is 2.27. The highest BCUT2D eigenvalue weighted by Gasteiger charge is 2.37. The lowest BCUT2D eigenvalue weighted by atomic mass is 9.83. The largest absolute Gasteiger partial charge is 0.488 e. The fraction of sp³-hybridized carbons (Fsp3) is 0.294. The lowest BCUT2D eigenvalue weighted by Crippen LogP contribution is -2.38. The number of para-hydroxylation sites is 1. The minimum atomic E-state index is -1.07. The van der Waals surface area contributed by atoms with E-state index in [1.807, 2.05) is 44.3 Å². The molecule has 1 heterocycles. The van der Waals surface area contributed by atoms with Crippen LogP contribution in [0.4, 0.5) is 0 Å². The first kappa shape index (κ1) is 13.2. The standard InChI is InChI=1S/C17H19NO2/c1-12-7-8-13-10-20-16-6-4-3-5-14(16)17(19,11-18-2)15(13)9-12/h3-9,18-19H,10-11H2,1-2H3. The van der Waals surface area contributed by atoms with E-state index in [2.05, 4.69) is 17.4 Å². The smallest absolute Gasteiger partial charge is 0.131 e. The van der Waals surface area contributed by atoms with Gasteiger partial charge in [0.1, 0.15) is 18.0 Å². The summed E-state index contributed by atoms with van der Waals surface area (Å²) in [6, 6.07) is 13.9. The maximum Gasteiger partial charge on any atom is 0.131 e. The molecule has 0 aliphatic carbocycles. The van der Waals surface area contributed by atoms with Gasteiger partial charge in [0.05, 0.1) is 0 Å². The van der Waals surface area contributed by atoms with E-state index in [0.717, 1.165) is 28.0 Å². The molecular weight excluding hydrogens is 250 g/mol. The van der Waals surface area contributed by atoms with E-state index in [1.54, 1.807) is 0 Å². The van der Waals surface area contributed by atoms with Crippen LogP contribution in [0.25, 0.3) is 0 Å². The maximum absolute atomic E-state index is 11.3. The van der Waals surface area contributed by atoms with Crippen LogP contribution in [0.3, 0.4) is 0 Å². The van der Waals surface area contributed by atoms with E-state index in [4.69, 9.17) is 4.74 Å². The van der Waals surface area contributed by atoms with Crippen LogP contribution in [0.15, 0.2) is 42.5 Å². The highest BCUT2D eigenvalue weighted by molar-refractivity contribution is 5.50.